The highest BCUT2D eigenvalue weighted by atomic mass is 16.3. The van der Waals surface area contributed by atoms with E-state index in [-0.39, 0.29) is 5.76 Å². The highest BCUT2D eigenvalue weighted by molar-refractivity contribution is 5.47. The Morgan fingerprint density at radius 1 is 1.45 bits per heavy atom. The van der Waals surface area contributed by atoms with Gasteiger partial charge in [0.25, 0.3) is 0 Å². The van der Waals surface area contributed by atoms with Crippen LogP contribution in [0, 0.1) is 0 Å². The van der Waals surface area contributed by atoms with Crippen molar-refractivity contribution in [2.75, 3.05) is 5.73 Å². The highest BCUT2D eigenvalue weighted by Gasteiger charge is 1.97. The second kappa shape index (κ2) is 3.10. The van der Waals surface area contributed by atoms with Crippen LogP contribution >= 0.6 is 0 Å². The maximum Gasteiger partial charge on any atom is 0.0895 e. The lowest BCUT2D eigenvalue weighted by Crippen LogP contribution is -1.94. The van der Waals surface area contributed by atoms with Crippen molar-refractivity contribution in [3.05, 3.63) is 42.2 Å². The van der Waals surface area contributed by atoms with E-state index in [0.29, 0.717) is 12.1 Å². The van der Waals surface area contributed by atoms with Gasteiger partial charge in [0.15, 0.2) is 0 Å². The van der Waals surface area contributed by atoms with Crippen LogP contribution in [-0.2, 0) is 6.42 Å². The standard InChI is InChI=1S/C9H11NO/c1-7(11)6-8-4-2-3-5-9(8)10/h2-5,11H,1,6,10H2. The summed E-state index contributed by atoms with van der Waals surface area (Å²) in [6.07, 6.45) is 0.437. The average Bonchev–Trinajstić information content (AvgIpc) is 1.93. The summed E-state index contributed by atoms with van der Waals surface area (Å²) < 4.78 is 0. The first-order valence-corrected chi connectivity index (χ1v) is 3.40. The van der Waals surface area contributed by atoms with Gasteiger partial charge in [-0.1, -0.05) is 24.8 Å². The molecule has 0 aromatic heterocycles. The summed E-state index contributed by atoms with van der Waals surface area (Å²) in [5.74, 6) is 0.142. The molecule has 0 aliphatic rings. The molecule has 0 aliphatic heterocycles. The Bertz CT molecular complexity index is 268. The first-order chi connectivity index (χ1) is 5.20. The summed E-state index contributed by atoms with van der Waals surface area (Å²) in [6, 6.07) is 7.42. The van der Waals surface area contributed by atoms with Crippen LogP contribution in [-0.4, -0.2) is 5.11 Å². The fourth-order valence-electron chi connectivity index (χ4n) is 0.915. The molecular weight excluding hydrogens is 138 g/mol. The lowest BCUT2D eigenvalue weighted by Gasteiger charge is -2.02. The molecule has 0 radical (unpaired) electrons. The second-order valence-corrected chi connectivity index (χ2v) is 2.44. The van der Waals surface area contributed by atoms with Crippen molar-refractivity contribution in [1.29, 1.82) is 0 Å². The van der Waals surface area contributed by atoms with Gasteiger partial charge in [0.1, 0.15) is 0 Å². The third kappa shape index (κ3) is 2.00. The molecule has 0 saturated carbocycles. The van der Waals surface area contributed by atoms with E-state index in [2.05, 4.69) is 6.58 Å². The summed E-state index contributed by atoms with van der Waals surface area (Å²) in [5, 5.41) is 8.88. The van der Waals surface area contributed by atoms with Crippen LogP contribution in [0.4, 0.5) is 5.69 Å². The van der Waals surface area contributed by atoms with Crippen molar-refractivity contribution in [2.24, 2.45) is 0 Å². The van der Waals surface area contributed by atoms with Gasteiger partial charge in [0.2, 0.25) is 0 Å². The molecule has 0 saturated heterocycles. The minimum atomic E-state index is 0.142. The molecule has 0 unspecified atom stereocenters. The van der Waals surface area contributed by atoms with E-state index in [1.54, 1.807) is 6.07 Å². The summed E-state index contributed by atoms with van der Waals surface area (Å²) in [6.45, 7) is 3.39. The van der Waals surface area contributed by atoms with Crippen molar-refractivity contribution in [1.82, 2.24) is 0 Å². The van der Waals surface area contributed by atoms with Gasteiger partial charge in [-0.25, -0.2) is 0 Å². The molecule has 2 heteroatoms. The number of nitrogen functional groups attached to an aromatic ring is 1. The van der Waals surface area contributed by atoms with Crippen LogP contribution in [0.1, 0.15) is 5.56 Å². The van der Waals surface area contributed by atoms with Gasteiger partial charge < -0.3 is 10.8 Å². The summed E-state index contributed by atoms with van der Waals surface area (Å²) in [4.78, 5) is 0. The van der Waals surface area contributed by atoms with E-state index >= 15 is 0 Å². The third-order valence-corrected chi connectivity index (χ3v) is 1.45. The van der Waals surface area contributed by atoms with E-state index in [0.717, 1.165) is 5.56 Å². The van der Waals surface area contributed by atoms with E-state index in [4.69, 9.17) is 10.8 Å². The Morgan fingerprint density at radius 2 is 2.09 bits per heavy atom. The minimum absolute atomic E-state index is 0.142. The molecule has 0 bridgehead atoms. The smallest absolute Gasteiger partial charge is 0.0895 e. The van der Waals surface area contributed by atoms with Gasteiger partial charge in [0, 0.05) is 12.1 Å². The van der Waals surface area contributed by atoms with Crippen LogP contribution in [0.25, 0.3) is 0 Å². The molecule has 0 amide bonds. The van der Waals surface area contributed by atoms with Gasteiger partial charge in [0.05, 0.1) is 5.76 Å². The maximum atomic E-state index is 8.88. The van der Waals surface area contributed by atoms with Crippen LogP contribution < -0.4 is 5.73 Å². The van der Waals surface area contributed by atoms with Crippen molar-refractivity contribution in [3.63, 3.8) is 0 Å². The van der Waals surface area contributed by atoms with E-state index in [1.807, 2.05) is 18.2 Å². The zero-order valence-electron chi connectivity index (χ0n) is 6.25. The molecule has 1 aromatic rings. The second-order valence-electron chi connectivity index (χ2n) is 2.44. The van der Waals surface area contributed by atoms with Gasteiger partial charge in [-0.15, -0.1) is 0 Å². The maximum absolute atomic E-state index is 8.88. The molecule has 1 rings (SSSR count). The number of allylic oxidation sites excluding steroid dienone is 1. The molecule has 3 N–H and O–H groups in total. The number of anilines is 1. The zero-order chi connectivity index (χ0) is 8.27. The number of benzene rings is 1. The van der Waals surface area contributed by atoms with Crippen LogP contribution in [0.15, 0.2) is 36.6 Å². The first-order valence-electron chi connectivity index (χ1n) is 3.40. The Balaban J connectivity index is 2.86. The number of para-hydroxylation sites is 1. The van der Waals surface area contributed by atoms with Gasteiger partial charge >= 0.3 is 0 Å². The topological polar surface area (TPSA) is 46.2 Å². The van der Waals surface area contributed by atoms with E-state index in [9.17, 15) is 0 Å². The monoisotopic (exact) mass is 149 g/mol. The normalized spacial score (nSPS) is 9.45. The molecule has 0 heterocycles. The summed E-state index contributed by atoms with van der Waals surface area (Å²) in [5.41, 5.74) is 7.23. The third-order valence-electron chi connectivity index (χ3n) is 1.45. The van der Waals surface area contributed by atoms with Crippen LogP contribution in [0.3, 0.4) is 0 Å². The lowest BCUT2D eigenvalue weighted by atomic mass is 10.1. The molecule has 0 fully saturated rings. The molecule has 0 aliphatic carbocycles. The van der Waals surface area contributed by atoms with Crippen LogP contribution in [0.2, 0.25) is 0 Å². The molecule has 0 atom stereocenters. The lowest BCUT2D eigenvalue weighted by molar-refractivity contribution is 0.402. The fraction of sp³-hybridized carbons (Fsp3) is 0.111. The van der Waals surface area contributed by atoms with Gasteiger partial charge in [-0.3, -0.25) is 0 Å². The summed E-state index contributed by atoms with van der Waals surface area (Å²) in [7, 11) is 0. The molecule has 1 aromatic carbocycles. The highest BCUT2D eigenvalue weighted by Crippen LogP contribution is 2.12. The number of rotatable bonds is 2. The molecule has 11 heavy (non-hydrogen) atoms. The SMILES string of the molecule is C=C(O)Cc1ccccc1N. The predicted octanol–water partition coefficient (Wildman–Crippen LogP) is 1.88. The molecule has 0 spiro atoms. The zero-order valence-corrected chi connectivity index (χ0v) is 6.25. The van der Waals surface area contributed by atoms with Gasteiger partial charge in [-0.05, 0) is 11.6 Å². The number of hydrogen-bond donors (Lipinski definition) is 2. The predicted molar refractivity (Wildman–Crippen MR) is 46.3 cm³/mol. The van der Waals surface area contributed by atoms with E-state index in [1.165, 1.54) is 0 Å². The Morgan fingerprint density at radius 3 is 2.64 bits per heavy atom. The average molecular weight is 149 g/mol. The molecular formula is C9H11NO. The van der Waals surface area contributed by atoms with Crippen molar-refractivity contribution < 1.29 is 5.11 Å². The quantitative estimate of drug-likeness (QED) is 0.498. The number of aliphatic hydroxyl groups is 1. The van der Waals surface area contributed by atoms with E-state index < -0.39 is 0 Å². The minimum Gasteiger partial charge on any atom is -0.513 e. The van der Waals surface area contributed by atoms with Crippen molar-refractivity contribution >= 4 is 5.69 Å². The Labute approximate surface area is 66.0 Å². The Kier molecular flexibility index (Phi) is 2.16. The number of nitrogens with two attached hydrogens (primary N) is 1. The summed E-state index contributed by atoms with van der Waals surface area (Å²) >= 11 is 0. The van der Waals surface area contributed by atoms with Crippen molar-refractivity contribution in [2.45, 2.75) is 6.42 Å². The van der Waals surface area contributed by atoms with Crippen molar-refractivity contribution in [3.8, 4) is 0 Å². The largest absolute Gasteiger partial charge is 0.513 e. The number of hydrogen-bond acceptors (Lipinski definition) is 2. The Hall–Kier alpha value is -1.44. The first kappa shape index (κ1) is 7.66. The van der Waals surface area contributed by atoms with Gasteiger partial charge in [-0.2, -0.15) is 0 Å². The molecule has 2 nitrogen and oxygen atoms in total. The van der Waals surface area contributed by atoms with Crippen LogP contribution in [0.5, 0.6) is 0 Å². The fourth-order valence-corrected chi connectivity index (χ4v) is 0.915. The molecule has 58 valence electrons. The number of aliphatic hydroxyl groups excluding tert-OH is 1.